The third kappa shape index (κ3) is 3.90. The maximum atomic E-state index is 4.52. The van der Waals surface area contributed by atoms with E-state index in [0.717, 1.165) is 55.9 Å². The van der Waals surface area contributed by atoms with Gasteiger partial charge in [-0.1, -0.05) is 20.8 Å². The molecule has 0 amide bonds. The van der Waals surface area contributed by atoms with Gasteiger partial charge >= 0.3 is 0 Å². The van der Waals surface area contributed by atoms with Crippen molar-refractivity contribution in [3.8, 4) is 0 Å². The van der Waals surface area contributed by atoms with Crippen LogP contribution in [0, 0.1) is 11.8 Å². The fourth-order valence-electron chi connectivity index (χ4n) is 2.46. The predicted molar refractivity (Wildman–Crippen MR) is 79.2 cm³/mol. The number of hydrogen-bond donors (Lipinski definition) is 1. The number of aromatic nitrogens is 2. The van der Waals surface area contributed by atoms with Gasteiger partial charge in [-0.15, -0.1) is 0 Å². The average molecular weight is 262 g/mol. The fourth-order valence-corrected chi connectivity index (χ4v) is 2.46. The molecule has 1 fully saturated rings. The van der Waals surface area contributed by atoms with Crippen molar-refractivity contribution < 1.29 is 0 Å². The molecule has 2 unspecified atom stereocenters. The fraction of sp³-hybridized carbons (Fsp3) is 0.733. The average Bonchev–Trinajstić information content (AvgIpc) is 2.43. The molecule has 0 saturated carbocycles. The van der Waals surface area contributed by atoms with E-state index in [0.29, 0.717) is 0 Å². The number of piperidine rings is 1. The van der Waals surface area contributed by atoms with Crippen LogP contribution in [0.5, 0.6) is 0 Å². The molecular formula is C15H26N4. The van der Waals surface area contributed by atoms with E-state index in [1.54, 1.807) is 0 Å². The Bertz CT molecular complexity index is 376. The van der Waals surface area contributed by atoms with Gasteiger partial charge in [0.05, 0.1) is 0 Å². The van der Waals surface area contributed by atoms with E-state index in [4.69, 9.17) is 0 Å². The van der Waals surface area contributed by atoms with Crippen LogP contribution in [-0.2, 0) is 6.54 Å². The molecule has 0 aliphatic carbocycles. The summed E-state index contributed by atoms with van der Waals surface area (Å²) in [5.41, 5.74) is 1.16. The second-order valence-electron chi connectivity index (χ2n) is 5.76. The number of nitrogens with one attached hydrogen (secondary N) is 1. The zero-order valence-corrected chi connectivity index (χ0v) is 12.4. The lowest BCUT2D eigenvalue weighted by Gasteiger charge is -2.35. The number of anilines is 1. The van der Waals surface area contributed by atoms with Gasteiger partial charge in [-0.05, 0) is 31.2 Å². The molecule has 0 radical (unpaired) electrons. The van der Waals surface area contributed by atoms with Gasteiger partial charge in [-0.25, -0.2) is 9.97 Å². The Morgan fingerprint density at radius 3 is 2.63 bits per heavy atom. The van der Waals surface area contributed by atoms with E-state index >= 15 is 0 Å². The van der Waals surface area contributed by atoms with E-state index in [1.165, 1.54) is 6.42 Å². The molecule has 1 aromatic rings. The molecule has 1 aliphatic rings. The van der Waals surface area contributed by atoms with Crippen molar-refractivity contribution >= 4 is 5.95 Å². The molecule has 4 nitrogen and oxygen atoms in total. The van der Waals surface area contributed by atoms with Crippen LogP contribution in [0.2, 0.25) is 0 Å². The SMILES string of the molecule is CCCNCc1cnc(N2CCC(C)C(C)C2)nc1. The summed E-state index contributed by atoms with van der Waals surface area (Å²) in [6, 6.07) is 0. The highest BCUT2D eigenvalue weighted by molar-refractivity contribution is 5.30. The van der Waals surface area contributed by atoms with Crippen molar-refractivity contribution in [2.45, 2.75) is 40.2 Å². The van der Waals surface area contributed by atoms with E-state index < -0.39 is 0 Å². The summed E-state index contributed by atoms with van der Waals surface area (Å²) >= 11 is 0. The van der Waals surface area contributed by atoms with Gasteiger partial charge in [-0.2, -0.15) is 0 Å². The molecule has 0 spiro atoms. The first-order valence-corrected chi connectivity index (χ1v) is 7.47. The molecule has 2 rings (SSSR count). The molecule has 4 heteroatoms. The van der Waals surface area contributed by atoms with Crippen LogP contribution >= 0.6 is 0 Å². The summed E-state index contributed by atoms with van der Waals surface area (Å²) in [6.07, 6.45) is 6.30. The van der Waals surface area contributed by atoms with Gasteiger partial charge in [-0.3, -0.25) is 0 Å². The summed E-state index contributed by atoms with van der Waals surface area (Å²) in [5, 5.41) is 3.37. The first-order chi connectivity index (χ1) is 9.20. The second kappa shape index (κ2) is 6.85. The first kappa shape index (κ1) is 14.3. The Morgan fingerprint density at radius 2 is 2.00 bits per heavy atom. The predicted octanol–water partition coefficient (Wildman–Crippen LogP) is 2.46. The van der Waals surface area contributed by atoms with Crippen LogP contribution in [0.25, 0.3) is 0 Å². The molecule has 1 aromatic heterocycles. The summed E-state index contributed by atoms with van der Waals surface area (Å²) in [4.78, 5) is 11.3. The van der Waals surface area contributed by atoms with Crippen molar-refractivity contribution in [2.24, 2.45) is 11.8 Å². The Kier molecular flexibility index (Phi) is 5.14. The molecular weight excluding hydrogens is 236 g/mol. The van der Waals surface area contributed by atoms with Crippen molar-refractivity contribution in [1.29, 1.82) is 0 Å². The molecule has 0 aromatic carbocycles. The smallest absolute Gasteiger partial charge is 0.225 e. The summed E-state index contributed by atoms with van der Waals surface area (Å²) in [5.74, 6) is 2.43. The molecule has 1 aliphatic heterocycles. The van der Waals surface area contributed by atoms with Gasteiger partial charge in [0.1, 0.15) is 0 Å². The Balaban J connectivity index is 1.91. The molecule has 1 saturated heterocycles. The number of nitrogens with zero attached hydrogens (tertiary/aromatic N) is 3. The maximum absolute atomic E-state index is 4.52. The monoisotopic (exact) mass is 262 g/mol. The summed E-state index contributed by atoms with van der Waals surface area (Å²) in [6.45, 7) is 10.9. The van der Waals surface area contributed by atoms with E-state index in [-0.39, 0.29) is 0 Å². The minimum absolute atomic E-state index is 0.725. The molecule has 1 N–H and O–H groups in total. The minimum atomic E-state index is 0.725. The third-order valence-corrected chi connectivity index (χ3v) is 4.06. The maximum Gasteiger partial charge on any atom is 0.225 e. The quantitative estimate of drug-likeness (QED) is 0.828. The molecule has 2 heterocycles. The van der Waals surface area contributed by atoms with Crippen LogP contribution in [-0.4, -0.2) is 29.6 Å². The zero-order valence-electron chi connectivity index (χ0n) is 12.4. The number of hydrogen-bond acceptors (Lipinski definition) is 4. The molecule has 19 heavy (non-hydrogen) atoms. The lowest BCUT2D eigenvalue weighted by Crippen LogP contribution is -2.39. The van der Waals surface area contributed by atoms with Gasteiger partial charge in [0, 0.05) is 37.6 Å². The van der Waals surface area contributed by atoms with Crippen molar-refractivity contribution in [3.63, 3.8) is 0 Å². The van der Waals surface area contributed by atoms with Crippen molar-refractivity contribution in [2.75, 3.05) is 24.5 Å². The summed E-state index contributed by atoms with van der Waals surface area (Å²) < 4.78 is 0. The van der Waals surface area contributed by atoms with Crippen LogP contribution in [0.15, 0.2) is 12.4 Å². The Morgan fingerprint density at radius 1 is 1.26 bits per heavy atom. The third-order valence-electron chi connectivity index (χ3n) is 4.06. The van der Waals surface area contributed by atoms with Crippen molar-refractivity contribution in [1.82, 2.24) is 15.3 Å². The summed E-state index contributed by atoms with van der Waals surface area (Å²) in [7, 11) is 0. The van der Waals surface area contributed by atoms with Gasteiger partial charge in [0.2, 0.25) is 5.95 Å². The van der Waals surface area contributed by atoms with Crippen LogP contribution in [0.3, 0.4) is 0 Å². The lowest BCUT2D eigenvalue weighted by atomic mass is 9.89. The normalized spacial score (nSPS) is 23.6. The van der Waals surface area contributed by atoms with E-state index in [9.17, 15) is 0 Å². The minimum Gasteiger partial charge on any atom is -0.341 e. The molecule has 0 bridgehead atoms. The highest BCUT2D eigenvalue weighted by Gasteiger charge is 2.23. The van der Waals surface area contributed by atoms with Gasteiger partial charge in [0.15, 0.2) is 0 Å². The van der Waals surface area contributed by atoms with Crippen molar-refractivity contribution in [3.05, 3.63) is 18.0 Å². The molecule has 2 atom stereocenters. The van der Waals surface area contributed by atoms with Crippen LogP contribution in [0.4, 0.5) is 5.95 Å². The zero-order chi connectivity index (χ0) is 13.7. The van der Waals surface area contributed by atoms with E-state index in [1.807, 2.05) is 12.4 Å². The molecule has 106 valence electrons. The first-order valence-electron chi connectivity index (χ1n) is 7.47. The van der Waals surface area contributed by atoms with Crippen LogP contribution < -0.4 is 10.2 Å². The largest absolute Gasteiger partial charge is 0.341 e. The Hall–Kier alpha value is -1.16. The topological polar surface area (TPSA) is 41.1 Å². The Labute approximate surface area is 116 Å². The van der Waals surface area contributed by atoms with Crippen LogP contribution in [0.1, 0.15) is 39.2 Å². The standard InChI is InChI=1S/C15H26N4/c1-4-6-16-8-14-9-17-15(18-10-14)19-7-5-12(2)13(3)11-19/h9-10,12-13,16H,4-8,11H2,1-3H3. The highest BCUT2D eigenvalue weighted by Crippen LogP contribution is 2.24. The highest BCUT2D eigenvalue weighted by atomic mass is 15.3. The van der Waals surface area contributed by atoms with Gasteiger partial charge in [0.25, 0.3) is 0 Å². The number of rotatable bonds is 5. The second-order valence-corrected chi connectivity index (χ2v) is 5.76. The van der Waals surface area contributed by atoms with E-state index in [2.05, 4.69) is 41.0 Å². The lowest BCUT2D eigenvalue weighted by molar-refractivity contribution is 0.321. The van der Waals surface area contributed by atoms with Gasteiger partial charge < -0.3 is 10.2 Å².